The van der Waals surface area contributed by atoms with Crippen molar-refractivity contribution in [3.8, 4) is 0 Å². The minimum absolute atomic E-state index is 0.604. The first kappa shape index (κ1) is 11.8. The van der Waals surface area contributed by atoms with Gasteiger partial charge in [0.25, 0.3) is 0 Å². The fourth-order valence-corrected chi connectivity index (χ4v) is 1.03. The molecule has 0 saturated carbocycles. The number of halogens is 3. The highest BCUT2D eigenvalue weighted by atomic mass is 19.4. The van der Waals surface area contributed by atoms with Gasteiger partial charge in [0.15, 0.2) is 0 Å². The van der Waals surface area contributed by atoms with Crippen LogP contribution >= 0.6 is 0 Å². The summed E-state index contributed by atoms with van der Waals surface area (Å²) in [6.07, 6.45) is -1.83. The number of aliphatic hydroxyl groups is 1. The number of aliphatic hydroxyl groups excluding tert-OH is 1. The Labute approximate surface area is 85.9 Å². The van der Waals surface area contributed by atoms with Crippen LogP contribution in [0.25, 0.3) is 6.08 Å². The van der Waals surface area contributed by atoms with Gasteiger partial charge in [0, 0.05) is 0 Å². The molecule has 1 aromatic rings. The molecule has 82 valence electrons. The summed E-state index contributed by atoms with van der Waals surface area (Å²) in [7, 11) is 0. The number of alkyl halides is 3. The van der Waals surface area contributed by atoms with E-state index in [2.05, 4.69) is 0 Å². The molecule has 15 heavy (non-hydrogen) atoms. The average Bonchev–Trinajstić information content (AvgIpc) is 2.14. The molecule has 0 amide bonds. The van der Waals surface area contributed by atoms with Crippen LogP contribution in [-0.4, -0.2) is 11.2 Å². The second-order valence-electron chi connectivity index (χ2n) is 3.22. The number of hydrogen-bond donors (Lipinski definition) is 1. The summed E-state index contributed by atoms with van der Waals surface area (Å²) in [5.74, 6) is 0. The van der Waals surface area contributed by atoms with Crippen LogP contribution in [0.3, 0.4) is 0 Å². The van der Waals surface area contributed by atoms with E-state index in [0.29, 0.717) is 5.56 Å². The zero-order valence-corrected chi connectivity index (χ0v) is 8.12. The van der Waals surface area contributed by atoms with Crippen molar-refractivity contribution in [3.05, 3.63) is 41.5 Å². The second-order valence-corrected chi connectivity index (χ2v) is 3.22. The average molecular weight is 216 g/mol. The van der Waals surface area contributed by atoms with Crippen molar-refractivity contribution in [2.75, 3.05) is 0 Å². The predicted octanol–water partition coefficient (Wildman–Crippen LogP) is 3.10. The highest BCUT2D eigenvalue weighted by Crippen LogP contribution is 2.29. The molecule has 0 radical (unpaired) electrons. The van der Waals surface area contributed by atoms with Crippen LogP contribution in [-0.2, 0) is 6.18 Å². The van der Waals surface area contributed by atoms with E-state index >= 15 is 0 Å². The van der Waals surface area contributed by atoms with Crippen molar-refractivity contribution >= 4 is 6.08 Å². The summed E-state index contributed by atoms with van der Waals surface area (Å²) in [6.45, 7) is 1.57. The van der Waals surface area contributed by atoms with E-state index in [9.17, 15) is 13.2 Å². The molecule has 0 saturated heterocycles. The fourth-order valence-electron chi connectivity index (χ4n) is 1.03. The van der Waals surface area contributed by atoms with Gasteiger partial charge < -0.3 is 5.11 Å². The van der Waals surface area contributed by atoms with Crippen molar-refractivity contribution in [2.45, 2.75) is 19.2 Å². The van der Waals surface area contributed by atoms with E-state index in [0.717, 1.165) is 12.1 Å². The molecule has 0 aliphatic rings. The van der Waals surface area contributed by atoms with Crippen LogP contribution in [0.15, 0.2) is 30.3 Å². The van der Waals surface area contributed by atoms with E-state index in [4.69, 9.17) is 5.11 Å². The van der Waals surface area contributed by atoms with Gasteiger partial charge in [-0.1, -0.05) is 24.3 Å². The Kier molecular flexibility index (Phi) is 3.52. The highest BCUT2D eigenvalue weighted by Gasteiger charge is 2.29. The van der Waals surface area contributed by atoms with Crippen molar-refractivity contribution in [1.82, 2.24) is 0 Å². The molecule has 0 aliphatic heterocycles. The van der Waals surface area contributed by atoms with Gasteiger partial charge in [0.1, 0.15) is 0 Å². The summed E-state index contributed by atoms with van der Waals surface area (Å²) < 4.78 is 36.5. The summed E-state index contributed by atoms with van der Waals surface area (Å²) in [5.41, 5.74) is -0.0411. The van der Waals surface area contributed by atoms with Crippen molar-refractivity contribution in [2.24, 2.45) is 0 Å². The summed E-state index contributed by atoms with van der Waals surface area (Å²) in [5, 5.41) is 8.93. The highest BCUT2D eigenvalue weighted by molar-refractivity contribution is 5.50. The molecule has 1 nitrogen and oxygen atoms in total. The van der Waals surface area contributed by atoms with Gasteiger partial charge in [-0.2, -0.15) is 13.2 Å². The van der Waals surface area contributed by atoms with Gasteiger partial charge in [0.05, 0.1) is 11.7 Å². The smallest absolute Gasteiger partial charge is 0.389 e. The maximum atomic E-state index is 12.2. The number of hydrogen-bond acceptors (Lipinski definition) is 1. The largest absolute Gasteiger partial charge is 0.416 e. The molecule has 0 aromatic heterocycles. The summed E-state index contributed by atoms with van der Waals surface area (Å²) >= 11 is 0. The van der Waals surface area contributed by atoms with Crippen LogP contribution in [0.4, 0.5) is 13.2 Å². The van der Waals surface area contributed by atoms with E-state index in [1.165, 1.54) is 18.2 Å². The number of rotatable bonds is 2. The Morgan fingerprint density at radius 2 is 1.73 bits per heavy atom. The minimum Gasteiger partial charge on any atom is -0.389 e. The van der Waals surface area contributed by atoms with Crippen LogP contribution < -0.4 is 0 Å². The van der Waals surface area contributed by atoms with Crippen LogP contribution in [0.1, 0.15) is 18.1 Å². The van der Waals surface area contributed by atoms with Crippen molar-refractivity contribution < 1.29 is 18.3 Å². The Morgan fingerprint density at radius 1 is 1.20 bits per heavy atom. The third kappa shape index (κ3) is 3.75. The molecule has 0 unspecified atom stereocenters. The topological polar surface area (TPSA) is 20.2 Å². The minimum atomic E-state index is -4.30. The first-order valence-electron chi connectivity index (χ1n) is 4.43. The third-order valence-electron chi connectivity index (χ3n) is 1.81. The Bertz CT molecular complexity index is 336. The Morgan fingerprint density at radius 3 is 2.13 bits per heavy atom. The van der Waals surface area contributed by atoms with Crippen molar-refractivity contribution in [1.29, 1.82) is 0 Å². The first-order chi connectivity index (χ1) is 6.89. The molecule has 0 heterocycles. The van der Waals surface area contributed by atoms with E-state index in [1.807, 2.05) is 0 Å². The molecule has 0 fully saturated rings. The second kappa shape index (κ2) is 4.49. The van der Waals surface area contributed by atoms with Gasteiger partial charge in [-0.15, -0.1) is 0 Å². The zero-order valence-electron chi connectivity index (χ0n) is 8.12. The zero-order chi connectivity index (χ0) is 11.5. The summed E-state index contributed by atoms with van der Waals surface area (Å²) in [6, 6.07) is 4.76. The maximum Gasteiger partial charge on any atom is 0.416 e. The molecule has 1 atom stereocenters. The molecule has 0 bridgehead atoms. The summed E-state index contributed by atoms with van der Waals surface area (Å²) in [4.78, 5) is 0. The maximum absolute atomic E-state index is 12.2. The molecule has 4 heteroatoms. The lowest BCUT2D eigenvalue weighted by molar-refractivity contribution is -0.137. The molecular weight excluding hydrogens is 205 g/mol. The number of benzene rings is 1. The quantitative estimate of drug-likeness (QED) is 0.805. The lowest BCUT2D eigenvalue weighted by Crippen LogP contribution is -2.04. The first-order valence-corrected chi connectivity index (χ1v) is 4.43. The lowest BCUT2D eigenvalue weighted by atomic mass is 10.1. The Balaban J connectivity index is 2.82. The standard InChI is InChI=1S/C11H11F3O/c1-8(15)2-3-9-4-6-10(7-5-9)11(12,13)14/h2-8,15H,1H3/t8-/m1/s1. The molecule has 0 aliphatic carbocycles. The van der Waals surface area contributed by atoms with Gasteiger partial charge in [0.2, 0.25) is 0 Å². The third-order valence-corrected chi connectivity index (χ3v) is 1.81. The molecule has 0 spiro atoms. The van der Waals surface area contributed by atoms with Gasteiger partial charge in [-0.3, -0.25) is 0 Å². The molecular formula is C11H11F3O. The Hall–Kier alpha value is -1.29. The van der Waals surface area contributed by atoms with Gasteiger partial charge in [-0.05, 0) is 24.6 Å². The van der Waals surface area contributed by atoms with Crippen LogP contribution in [0, 0.1) is 0 Å². The van der Waals surface area contributed by atoms with Crippen molar-refractivity contribution in [3.63, 3.8) is 0 Å². The van der Waals surface area contributed by atoms with Gasteiger partial charge in [-0.25, -0.2) is 0 Å². The van der Waals surface area contributed by atoms with Gasteiger partial charge >= 0.3 is 6.18 Å². The van der Waals surface area contributed by atoms with E-state index < -0.39 is 17.8 Å². The normalized spacial score (nSPS) is 14.5. The van der Waals surface area contributed by atoms with E-state index in [-0.39, 0.29) is 0 Å². The van der Waals surface area contributed by atoms with Crippen LogP contribution in [0.2, 0.25) is 0 Å². The molecule has 1 aromatic carbocycles. The lowest BCUT2D eigenvalue weighted by Gasteiger charge is -2.05. The van der Waals surface area contributed by atoms with Crippen LogP contribution in [0.5, 0.6) is 0 Å². The predicted molar refractivity (Wildman–Crippen MR) is 52.2 cm³/mol. The monoisotopic (exact) mass is 216 g/mol. The van der Waals surface area contributed by atoms with E-state index in [1.54, 1.807) is 13.0 Å². The molecule has 1 rings (SSSR count). The molecule has 1 N–H and O–H groups in total. The SMILES string of the molecule is C[C@@H](O)C=Cc1ccc(C(F)(F)F)cc1. The fraction of sp³-hybridized carbons (Fsp3) is 0.273.